The van der Waals surface area contributed by atoms with Crippen LogP contribution in [-0.4, -0.2) is 23.3 Å². The third-order valence-electron chi connectivity index (χ3n) is 3.05. The summed E-state index contributed by atoms with van der Waals surface area (Å²) >= 11 is 0. The van der Waals surface area contributed by atoms with Crippen LogP contribution in [0.5, 0.6) is 11.5 Å². The topological polar surface area (TPSA) is 98.9 Å². The molecule has 6 nitrogen and oxygen atoms in total. The molecule has 0 heterocycles. The molecule has 23 heavy (non-hydrogen) atoms. The molecule has 0 saturated carbocycles. The molecule has 0 fully saturated rings. The van der Waals surface area contributed by atoms with Gasteiger partial charge in [-0.25, -0.2) is 4.57 Å². The summed E-state index contributed by atoms with van der Waals surface area (Å²) in [6.07, 6.45) is -0.312. The Balaban J connectivity index is 2.32. The molecule has 3 N–H and O–H groups in total. The molecule has 0 aliphatic carbocycles. The lowest BCUT2D eigenvalue weighted by Gasteiger charge is -2.25. The maximum Gasteiger partial charge on any atom is 0.436 e. The van der Waals surface area contributed by atoms with Crippen molar-refractivity contribution < 1.29 is 23.5 Å². The van der Waals surface area contributed by atoms with Crippen LogP contribution in [0, 0.1) is 0 Å². The Bertz CT molecular complexity index is 632. The van der Waals surface area contributed by atoms with Gasteiger partial charge in [0.05, 0.1) is 6.61 Å². The summed E-state index contributed by atoms with van der Waals surface area (Å²) in [4.78, 5) is 11.2. The third-order valence-corrected chi connectivity index (χ3v) is 5.22. The lowest BCUT2D eigenvalue weighted by atomic mass is 10.3. The second-order valence-electron chi connectivity index (χ2n) is 4.86. The quantitative estimate of drug-likeness (QED) is 0.722. The van der Waals surface area contributed by atoms with Crippen molar-refractivity contribution in [3.63, 3.8) is 0 Å². The number of nitrogens with two attached hydrogens (primary N) is 1. The highest BCUT2D eigenvalue weighted by Crippen LogP contribution is 2.53. The van der Waals surface area contributed by atoms with Crippen LogP contribution in [0.2, 0.25) is 0 Å². The van der Waals surface area contributed by atoms with Crippen LogP contribution in [0.1, 0.15) is 6.42 Å². The van der Waals surface area contributed by atoms with Crippen LogP contribution in [0.4, 0.5) is 0 Å². The van der Waals surface area contributed by atoms with E-state index in [4.69, 9.17) is 14.8 Å². The molecule has 0 radical (unpaired) electrons. The molecule has 7 heteroatoms. The van der Waals surface area contributed by atoms with Crippen LogP contribution in [0.25, 0.3) is 0 Å². The highest BCUT2D eigenvalue weighted by Gasteiger charge is 2.40. The first kappa shape index (κ1) is 17.1. The van der Waals surface area contributed by atoms with Gasteiger partial charge in [0, 0.05) is 6.42 Å². The van der Waals surface area contributed by atoms with Gasteiger partial charge in [-0.15, -0.1) is 0 Å². The average molecular weight is 335 g/mol. The van der Waals surface area contributed by atoms with Crippen molar-refractivity contribution in [1.82, 2.24) is 0 Å². The number of aliphatic hydroxyl groups is 1. The molecule has 0 bridgehead atoms. The molecule has 1 atom stereocenters. The average Bonchev–Trinajstić information content (AvgIpc) is 2.54. The van der Waals surface area contributed by atoms with Gasteiger partial charge in [0.2, 0.25) is 5.91 Å². The van der Waals surface area contributed by atoms with Crippen molar-refractivity contribution in [2.24, 2.45) is 5.73 Å². The summed E-state index contributed by atoms with van der Waals surface area (Å²) in [5, 5.41) is 9.53. The van der Waals surface area contributed by atoms with E-state index in [9.17, 15) is 14.5 Å². The van der Waals surface area contributed by atoms with Crippen LogP contribution < -0.4 is 14.8 Å². The van der Waals surface area contributed by atoms with Crippen LogP contribution in [0.3, 0.4) is 0 Å². The Hall–Kier alpha value is -2.30. The predicted molar refractivity (Wildman–Crippen MR) is 86.4 cm³/mol. The summed E-state index contributed by atoms with van der Waals surface area (Å²) in [5.41, 5.74) is 4.11. The van der Waals surface area contributed by atoms with Gasteiger partial charge in [-0.3, -0.25) is 4.79 Å². The minimum atomic E-state index is -3.88. The molecule has 2 aromatic rings. The maximum atomic E-state index is 13.2. The van der Waals surface area contributed by atoms with Crippen LogP contribution in [0.15, 0.2) is 60.7 Å². The molecule has 0 aliphatic rings. The summed E-state index contributed by atoms with van der Waals surface area (Å²) in [5.74, 6) is -0.0676. The van der Waals surface area contributed by atoms with Gasteiger partial charge in [0.25, 0.3) is 0 Å². The lowest BCUT2D eigenvalue weighted by Crippen LogP contribution is -2.27. The fourth-order valence-electron chi connectivity index (χ4n) is 1.93. The van der Waals surface area contributed by atoms with E-state index in [1.807, 2.05) is 0 Å². The number of benzene rings is 2. The Morgan fingerprint density at radius 1 is 1.00 bits per heavy atom. The number of rotatable bonds is 8. The lowest BCUT2D eigenvalue weighted by molar-refractivity contribution is -0.118. The standard InChI is InChI=1S/C16H18NO5P/c17-16(19)11-15(12-18)23(20,21-13-7-3-1-4-8-13)22-14-9-5-2-6-10-14/h1-10,15,18H,11-12H2,(H2,17,19). The molecule has 1 unspecified atom stereocenters. The number of hydrogen-bond donors (Lipinski definition) is 2. The van der Waals surface area contributed by atoms with Gasteiger partial charge in [0.1, 0.15) is 17.2 Å². The third kappa shape index (κ3) is 4.84. The summed E-state index contributed by atoms with van der Waals surface area (Å²) in [6.45, 7) is -0.556. The SMILES string of the molecule is NC(=O)CC(CO)P(=O)(Oc1ccccc1)Oc1ccccc1. The monoisotopic (exact) mass is 335 g/mol. The first-order chi connectivity index (χ1) is 11.0. The summed E-state index contributed by atoms with van der Waals surface area (Å²) in [6, 6.07) is 16.9. The predicted octanol–water partition coefficient (Wildman–Crippen LogP) is 2.57. The van der Waals surface area contributed by atoms with Crippen molar-refractivity contribution in [3.05, 3.63) is 60.7 Å². The highest BCUT2D eigenvalue weighted by atomic mass is 31.2. The second kappa shape index (κ2) is 7.81. The second-order valence-corrected chi connectivity index (χ2v) is 7.03. The first-order valence-electron chi connectivity index (χ1n) is 7.01. The molecule has 0 aromatic heterocycles. The van der Waals surface area contributed by atoms with Crippen molar-refractivity contribution in [2.75, 3.05) is 6.61 Å². The van der Waals surface area contributed by atoms with E-state index < -0.39 is 25.8 Å². The van der Waals surface area contributed by atoms with Gasteiger partial charge in [0.15, 0.2) is 0 Å². The Kier molecular flexibility index (Phi) is 5.79. The minimum Gasteiger partial charge on any atom is -0.416 e. The molecule has 2 aromatic carbocycles. The van der Waals surface area contributed by atoms with E-state index in [0.29, 0.717) is 11.5 Å². The number of aliphatic hydroxyl groups excluding tert-OH is 1. The number of amides is 1. The van der Waals surface area contributed by atoms with Gasteiger partial charge < -0.3 is 19.9 Å². The zero-order valence-electron chi connectivity index (χ0n) is 12.4. The summed E-state index contributed by atoms with van der Waals surface area (Å²) in [7, 11) is -3.88. The highest BCUT2D eigenvalue weighted by molar-refractivity contribution is 7.55. The smallest absolute Gasteiger partial charge is 0.416 e. The Morgan fingerprint density at radius 3 is 1.78 bits per heavy atom. The van der Waals surface area contributed by atoms with Crippen LogP contribution in [-0.2, 0) is 9.36 Å². The number of carbonyl (C=O) groups is 1. The van der Waals surface area contributed by atoms with Crippen molar-refractivity contribution in [2.45, 2.75) is 12.1 Å². The van der Waals surface area contributed by atoms with Crippen LogP contribution >= 0.6 is 7.60 Å². The number of primary amides is 1. The molecule has 122 valence electrons. The van der Waals surface area contributed by atoms with Gasteiger partial charge in [-0.2, -0.15) is 0 Å². The van der Waals surface area contributed by atoms with E-state index in [0.717, 1.165) is 0 Å². The molecule has 0 spiro atoms. The van der Waals surface area contributed by atoms with E-state index in [1.54, 1.807) is 60.7 Å². The van der Waals surface area contributed by atoms with E-state index in [2.05, 4.69) is 0 Å². The largest absolute Gasteiger partial charge is 0.436 e. The molecule has 1 amide bonds. The Labute approximate surface area is 134 Å². The molecule has 0 aliphatic heterocycles. The summed E-state index contributed by atoms with van der Waals surface area (Å²) < 4.78 is 24.3. The number of carbonyl (C=O) groups excluding carboxylic acids is 1. The first-order valence-corrected chi connectivity index (χ1v) is 8.63. The number of hydrogen-bond acceptors (Lipinski definition) is 5. The minimum absolute atomic E-state index is 0.312. The van der Waals surface area contributed by atoms with Gasteiger partial charge in [-0.05, 0) is 24.3 Å². The van der Waals surface area contributed by atoms with Crippen molar-refractivity contribution in [3.8, 4) is 11.5 Å². The van der Waals surface area contributed by atoms with Gasteiger partial charge in [-0.1, -0.05) is 36.4 Å². The normalized spacial score (nSPS) is 12.4. The van der Waals surface area contributed by atoms with Crippen molar-refractivity contribution in [1.29, 1.82) is 0 Å². The van der Waals surface area contributed by atoms with Gasteiger partial charge >= 0.3 is 7.60 Å². The number of para-hydroxylation sites is 2. The zero-order chi connectivity index (χ0) is 16.7. The van der Waals surface area contributed by atoms with Crippen molar-refractivity contribution >= 4 is 13.5 Å². The fourth-order valence-corrected chi connectivity index (χ4v) is 3.70. The maximum absolute atomic E-state index is 13.2. The fraction of sp³-hybridized carbons (Fsp3) is 0.188. The molecular weight excluding hydrogens is 317 g/mol. The Morgan fingerprint density at radius 2 is 1.43 bits per heavy atom. The van der Waals surface area contributed by atoms with E-state index in [1.165, 1.54) is 0 Å². The molecule has 0 saturated heterocycles. The molecular formula is C16H18NO5P. The van der Waals surface area contributed by atoms with E-state index in [-0.39, 0.29) is 6.42 Å². The van der Waals surface area contributed by atoms with E-state index >= 15 is 0 Å². The zero-order valence-corrected chi connectivity index (χ0v) is 13.3. The molecule has 2 rings (SSSR count).